The molecule has 1 atom stereocenters. The molecule has 3 aromatic carbocycles. The number of carbonyl (C=O) groups is 1. The van der Waals surface area contributed by atoms with E-state index in [1.54, 1.807) is 69.3 Å². The Morgan fingerprint density at radius 1 is 1.09 bits per heavy atom. The van der Waals surface area contributed by atoms with Crippen LogP contribution in [0.25, 0.3) is 0 Å². The fraction of sp³-hybridized carbons (Fsp3) is 0.394. The van der Waals surface area contributed by atoms with E-state index in [1.807, 2.05) is 13.8 Å². The summed E-state index contributed by atoms with van der Waals surface area (Å²) >= 11 is 6.15. The van der Waals surface area contributed by atoms with Gasteiger partial charge in [0.05, 0.1) is 24.1 Å². The molecule has 242 valence electrons. The Bertz CT molecular complexity index is 1550. The molecule has 8 nitrogen and oxygen atoms in total. The number of amides is 1. The number of methoxy groups -OCH3 is 1. The lowest BCUT2D eigenvalue weighted by Crippen LogP contribution is -2.39. The van der Waals surface area contributed by atoms with Gasteiger partial charge in [-0.1, -0.05) is 48.8 Å². The van der Waals surface area contributed by atoms with Crippen molar-refractivity contribution in [2.45, 2.75) is 64.5 Å². The van der Waals surface area contributed by atoms with Gasteiger partial charge < -0.3 is 29.6 Å². The Morgan fingerprint density at radius 3 is 2.40 bits per heavy atom. The van der Waals surface area contributed by atoms with Crippen LogP contribution in [0.4, 0.5) is 24.5 Å². The Balaban J connectivity index is 1.70. The van der Waals surface area contributed by atoms with Gasteiger partial charge in [0.1, 0.15) is 24.1 Å². The standard InChI is InChI=1S/C33H37ClF3N3O5/c1-20(39-44-14-13-32(4,5)42)22-15-24(17-26(16-22)43-6)38-29(21-7-9-23(34)10-8-21)30(41)40-19-31(2,3)27-12-11-25(18-28(27)40)45-33(35,36)37/h7-12,15-18,29,38,42H,13-14,19H2,1-6H3. The molecule has 0 fully saturated rings. The van der Waals surface area contributed by atoms with Crippen molar-refractivity contribution >= 4 is 34.6 Å². The number of ether oxygens (including phenoxy) is 2. The van der Waals surface area contributed by atoms with Crippen LogP contribution in [0.5, 0.6) is 11.5 Å². The number of benzene rings is 3. The summed E-state index contributed by atoms with van der Waals surface area (Å²) in [5.74, 6) is -0.312. The molecule has 0 saturated heterocycles. The maximum Gasteiger partial charge on any atom is 0.573 e. The minimum Gasteiger partial charge on any atom is -0.497 e. The molecule has 12 heteroatoms. The Labute approximate surface area is 265 Å². The zero-order valence-corrected chi connectivity index (χ0v) is 26.7. The zero-order valence-electron chi connectivity index (χ0n) is 26.0. The monoisotopic (exact) mass is 647 g/mol. The summed E-state index contributed by atoms with van der Waals surface area (Å²) in [7, 11) is 1.51. The Morgan fingerprint density at radius 2 is 1.78 bits per heavy atom. The zero-order chi connectivity index (χ0) is 33.2. The molecule has 4 rings (SSSR count). The van der Waals surface area contributed by atoms with Crippen molar-refractivity contribution < 1.29 is 37.4 Å². The lowest BCUT2D eigenvalue weighted by molar-refractivity contribution is -0.274. The van der Waals surface area contributed by atoms with E-state index in [0.29, 0.717) is 45.4 Å². The topological polar surface area (TPSA) is 92.6 Å². The van der Waals surface area contributed by atoms with Crippen LogP contribution >= 0.6 is 11.6 Å². The number of carbonyl (C=O) groups excluding carboxylic acids is 1. The number of anilines is 2. The number of hydrogen-bond donors (Lipinski definition) is 2. The van der Waals surface area contributed by atoms with E-state index in [1.165, 1.54) is 24.1 Å². The van der Waals surface area contributed by atoms with E-state index in [2.05, 4.69) is 15.2 Å². The second kappa shape index (κ2) is 13.2. The molecule has 0 aliphatic carbocycles. The van der Waals surface area contributed by atoms with Crippen LogP contribution in [-0.4, -0.2) is 49.0 Å². The number of nitrogens with zero attached hydrogens (tertiary/aromatic N) is 2. The first-order chi connectivity index (χ1) is 21.0. The van der Waals surface area contributed by atoms with Crippen LogP contribution < -0.4 is 19.7 Å². The van der Waals surface area contributed by atoms with Crippen LogP contribution in [0.2, 0.25) is 5.02 Å². The minimum atomic E-state index is -4.88. The molecule has 0 spiro atoms. The molecule has 1 aliphatic rings. The molecule has 0 saturated carbocycles. The summed E-state index contributed by atoms with van der Waals surface area (Å²) in [6, 6.07) is 15.1. The van der Waals surface area contributed by atoms with Crippen LogP contribution in [0.3, 0.4) is 0 Å². The second-order valence-corrected chi connectivity index (χ2v) is 12.6. The average Bonchev–Trinajstić information content (AvgIpc) is 3.22. The van der Waals surface area contributed by atoms with E-state index in [9.17, 15) is 23.1 Å². The van der Waals surface area contributed by atoms with Gasteiger partial charge in [0, 0.05) is 46.8 Å². The van der Waals surface area contributed by atoms with Crippen molar-refractivity contribution in [2.24, 2.45) is 5.16 Å². The number of rotatable bonds is 11. The SMILES string of the molecule is COc1cc(NC(C(=O)N2CC(C)(C)c3ccc(OC(F)(F)F)cc32)c2ccc(Cl)cc2)cc(C(C)=NOCCC(C)(C)O)c1. The first-order valence-corrected chi connectivity index (χ1v) is 14.7. The third-order valence-electron chi connectivity index (χ3n) is 7.37. The van der Waals surface area contributed by atoms with Gasteiger partial charge >= 0.3 is 6.36 Å². The first kappa shape index (κ1) is 33.9. The number of oxime groups is 1. The van der Waals surface area contributed by atoms with Gasteiger partial charge in [-0.25, -0.2) is 0 Å². The predicted molar refractivity (Wildman–Crippen MR) is 168 cm³/mol. The molecule has 1 amide bonds. The van der Waals surface area contributed by atoms with Crippen LogP contribution in [0.1, 0.15) is 63.8 Å². The first-order valence-electron chi connectivity index (χ1n) is 14.3. The summed E-state index contributed by atoms with van der Waals surface area (Å²) in [6.45, 7) is 9.42. The van der Waals surface area contributed by atoms with Gasteiger partial charge in [-0.05, 0) is 62.2 Å². The lowest BCUT2D eigenvalue weighted by atomic mass is 9.87. The van der Waals surface area contributed by atoms with Crippen LogP contribution in [0.15, 0.2) is 65.8 Å². The van der Waals surface area contributed by atoms with Gasteiger partial charge in [0.25, 0.3) is 5.91 Å². The third kappa shape index (κ3) is 8.82. The fourth-order valence-corrected chi connectivity index (χ4v) is 5.16. The van der Waals surface area contributed by atoms with Gasteiger partial charge in [0.2, 0.25) is 0 Å². The van der Waals surface area contributed by atoms with Crippen molar-refractivity contribution in [1.29, 1.82) is 0 Å². The maximum atomic E-state index is 14.4. The van der Waals surface area contributed by atoms with Crippen molar-refractivity contribution in [3.8, 4) is 11.5 Å². The normalized spacial score (nSPS) is 15.4. The summed E-state index contributed by atoms with van der Waals surface area (Å²) in [5, 5.41) is 17.9. The summed E-state index contributed by atoms with van der Waals surface area (Å²) in [4.78, 5) is 21.3. The summed E-state index contributed by atoms with van der Waals surface area (Å²) in [6.07, 6.45) is -4.49. The lowest BCUT2D eigenvalue weighted by Gasteiger charge is -2.27. The van der Waals surface area contributed by atoms with Crippen molar-refractivity contribution in [3.05, 3.63) is 82.4 Å². The Hall–Kier alpha value is -3.96. The van der Waals surface area contributed by atoms with Gasteiger partial charge in [-0.3, -0.25) is 4.79 Å². The molecule has 0 radical (unpaired) electrons. The van der Waals surface area contributed by atoms with Gasteiger partial charge in [-0.2, -0.15) is 0 Å². The highest BCUT2D eigenvalue weighted by Gasteiger charge is 2.41. The largest absolute Gasteiger partial charge is 0.573 e. The molecule has 1 heterocycles. The van der Waals surface area contributed by atoms with Gasteiger partial charge in [-0.15, -0.1) is 13.2 Å². The molecule has 45 heavy (non-hydrogen) atoms. The number of halogens is 4. The quantitative estimate of drug-likeness (QED) is 0.126. The second-order valence-electron chi connectivity index (χ2n) is 12.2. The highest BCUT2D eigenvalue weighted by atomic mass is 35.5. The maximum absolute atomic E-state index is 14.4. The summed E-state index contributed by atoms with van der Waals surface area (Å²) < 4.78 is 48.8. The van der Waals surface area contributed by atoms with Gasteiger partial charge in [0.15, 0.2) is 0 Å². The molecular weight excluding hydrogens is 611 g/mol. The molecule has 1 unspecified atom stereocenters. The average molecular weight is 648 g/mol. The number of nitrogens with one attached hydrogen (secondary N) is 1. The van der Waals surface area contributed by atoms with E-state index in [-0.39, 0.29) is 13.2 Å². The van der Waals surface area contributed by atoms with Crippen LogP contribution in [-0.2, 0) is 15.0 Å². The molecule has 0 bridgehead atoms. The van der Waals surface area contributed by atoms with E-state index in [0.717, 1.165) is 5.56 Å². The highest BCUT2D eigenvalue weighted by Crippen LogP contribution is 2.44. The smallest absolute Gasteiger partial charge is 0.497 e. The minimum absolute atomic E-state index is 0.215. The predicted octanol–water partition coefficient (Wildman–Crippen LogP) is 7.63. The number of alkyl halides is 3. The van der Waals surface area contributed by atoms with E-state index < -0.39 is 35.1 Å². The third-order valence-corrected chi connectivity index (χ3v) is 7.62. The fourth-order valence-electron chi connectivity index (χ4n) is 5.03. The van der Waals surface area contributed by atoms with E-state index >= 15 is 0 Å². The Kier molecular flexibility index (Phi) is 9.94. The van der Waals surface area contributed by atoms with Crippen molar-refractivity contribution in [3.63, 3.8) is 0 Å². The molecular formula is C33H37ClF3N3O5. The van der Waals surface area contributed by atoms with Crippen LogP contribution in [0, 0.1) is 0 Å². The number of aliphatic hydroxyl groups is 1. The molecule has 3 aromatic rings. The van der Waals surface area contributed by atoms with Crippen molar-refractivity contribution in [2.75, 3.05) is 30.5 Å². The summed E-state index contributed by atoms with van der Waals surface area (Å²) in [5.41, 5.74) is 1.94. The molecule has 1 aliphatic heterocycles. The molecule has 0 aromatic heterocycles. The molecule has 2 N–H and O–H groups in total. The van der Waals surface area contributed by atoms with Crippen molar-refractivity contribution in [1.82, 2.24) is 0 Å². The highest BCUT2D eigenvalue weighted by molar-refractivity contribution is 6.30. The number of hydrogen-bond acceptors (Lipinski definition) is 7. The van der Waals surface area contributed by atoms with E-state index in [4.69, 9.17) is 21.2 Å². The number of fused-ring (bicyclic) bond motifs is 1.